The SMILES string of the molecule is CN(C)CCOc1ccc(-c2ccc(-c3nc4cc(O[C@@H]5CO[C@H]6[C@@H]5OC[C@H]6O)[nH]c4cc3F)cc2)cc1. The number of aromatic amines is 1. The average Bonchev–Trinajstić information content (AvgIpc) is 3.60. The predicted octanol–water partition coefficient (Wildman–Crippen LogP) is 3.88. The first-order valence-electron chi connectivity index (χ1n) is 12.7. The summed E-state index contributed by atoms with van der Waals surface area (Å²) in [6.45, 7) is 2.03. The van der Waals surface area contributed by atoms with Crippen molar-refractivity contribution >= 4 is 11.0 Å². The highest BCUT2D eigenvalue weighted by atomic mass is 19.1. The summed E-state index contributed by atoms with van der Waals surface area (Å²) in [6, 6.07) is 18.8. The molecule has 8 nitrogen and oxygen atoms in total. The van der Waals surface area contributed by atoms with Gasteiger partial charge in [-0.05, 0) is 37.4 Å². The van der Waals surface area contributed by atoms with E-state index in [9.17, 15) is 5.11 Å². The zero-order valence-electron chi connectivity index (χ0n) is 21.3. The van der Waals surface area contributed by atoms with Gasteiger partial charge in [-0.1, -0.05) is 36.4 Å². The van der Waals surface area contributed by atoms with Gasteiger partial charge in [-0.3, -0.25) is 0 Å². The third kappa shape index (κ3) is 4.98. The normalized spacial score (nSPS) is 22.8. The number of H-pyrrole nitrogens is 1. The minimum Gasteiger partial charge on any atom is -0.492 e. The van der Waals surface area contributed by atoms with Gasteiger partial charge >= 0.3 is 0 Å². The number of aliphatic hydroxyl groups is 1. The molecular formula is C29H30FN3O5. The number of rotatable bonds is 8. The van der Waals surface area contributed by atoms with Gasteiger partial charge in [0.2, 0.25) is 0 Å². The standard InChI is InChI=1S/C29H30FN3O5/c1-33(2)11-12-35-20-9-7-18(8-10-20)17-3-5-19(6-4-17)27-21(30)13-22-23(32-27)14-26(31-22)38-25-16-37-28-24(34)15-36-29(25)28/h3-10,13-14,24-25,28-29,31,34H,11-12,15-16H2,1-2H3/t24-,25-,28-,29-/m1/s1. The smallest absolute Gasteiger partial charge is 0.193 e. The van der Waals surface area contributed by atoms with E-state index in [-0.39, 0.29) is 30.6 Å². The van der Waals surface area contributed by atoms with E-state index in [1.165, 1.54) is 6.07 Å². The summed E-state index contributed by atoms with van der Waals surface area (Å²) in [5.41, 5.74) is 4.14. The molecule has 2 fully saturated rings. The molecule has 2 aliphatic rings. The Morgan fingerprint density at radius 2 is 1.66 bits per heavy atom. The number of aliphatic hydroxyl groups excluding tert-OH is 1. The largest absolute Gasteiger partial charge is 0.492 e. The fourth-order valence-electron chi connectivity index (χ4n) is 4.89. The lowest BCUT2D eigenvalue weighted by Gasteiger charge is -2.16. The Morgan fingerprint density at radius 1 is 0.974 bits per heavy atom. The van der Waals surface area contributed by atoms with Crippen molar-refractivity contribution in [2.45, 2.75) is 24.4 Å². The van der Waals surface area contributed by atoms with Gasteiger partial charge in [-0.15, -0.1) is 0 Å². The van der Waals surface area contributed by atoms with E-state index in [1.807, 2.05) is 62.6 Å². The fourth-order valence-corrected chi connectivity index (χ4v) is 4.89. The lowest BCUT2D eigenvalue weighted by atomic mass is 10.0. The summed E-state index contributed by atoms with van der Waals surface area (Å²) >= 11 is 0. The molecule has 0 saturated carbocycles. The highest BCUT2D eigenvalue weighted by Gasteiger charge is 2.48. The van der Waals surface area contributed by atoms with Crippen LogP contribution in [0.1, 0.15) is 0 Å². The summed E-state index contributed by atoms with van der Waals surface area (Å²) in [7, 11) is 4.03. The average molecular weight is 520 g/mol. The number of nitrogens with zero attached hydrogens (tertiary/aromatic N) is 2. The van der Waals surface area contributed by atoms with E-state index in [2.05, 4.69) is 14.9 Å². The van der Waals surface area contributed by atoms with E-state index in [4.69, 9.17) is 18.9 Å². The van der Waals surface area contributed by atoms with Crippen molar-refractivity contribution in [3.63, 3.8) is 0 Å². The summed E-state index contributed by atoms with van der Waals surface area (Å²) in [4.78, 5) is 9.72. The molecule has 2 saturated heterocycles. The molecule has 6 rings (SSSR count). The van der Waals surface area contributed by atoms with E-state index in [0.717, 1.165) is 23.4 Å². The second-order valence-corrected chi connectivity index (χ2v) is 9.96. The highest BCUT2D eigenvalue weighted by molar-refractivity contribution is 5.81. The third-order valence-electron chi connectivity index (χ3n) is 6.94. The highest BCUT2D eigenvalue weighted by Crippen LogP contribution is 2.32. The van der Waals surface area contributed by atoms with Crippen molar-refractivity contribution in [2.75, 3.05) is 40.5 Å². The van der Waals surface area contributed by atoms with Crippen LogP contribution in [0.25, 0.3) is 33.4 Å². The van der Waals surface area contributed by atoms with Crippen molar-refractivity contribution < 1.29 is 28.4 Å². The van der Waals surface area contributed by atoms with Crippen LogP contribution in [-0.2, 0) is 9.47 Å². The van der Waals surface area contributed by atoms with E-state index in [0.29, 0.717) is 35.7 Å². The quantitative estimate of drug-likeness (QED) is 0.365. The van der Waals surface area contributed by atoms with Crippen LogP contribution in [0.5, 0.6) is 11.6 Å². The number of nitrogens with one attached hydrogen (secondary N) is 1. The fraction of sp³-hybridized carbons (Fsp3) is 0.345. The molecule has 0 spiro atoms. The maximum atomic E-state index is 15.1. The van der Waals surface area contributed by atoms with Gasteiger partial charge in [0.15, 0.2) is 17.8 Å². The van der Waals surface area contributed by atoms with Gasteiger partial charge in [-0.2, -0.15) is 0 Å². The number of likely N-dealkylation sites (N-methyl/N-ethyl adjacent to an activating group) is 1. The minimum absolute atomic E-state index is 0.230. The van der Waals surface area contributed by atoms with E-state index >= 15 is 4.39 Å². The summed E-state index contributed by atoms with van der Waals surface area (Å²) in [6.07, 6.45) is -1.72. The van der Waals surface area contributed by atoms with E-state index in [1.54, 1.807) is 6.07 Å². The molecule has 2 aromatic carbocycles. The van der Waals surface area contributed by atoms with Gasteiger partial charge in [0, 0.05) is 24.2 Å². The number of pyridine rings is 1. The van der Waals surface area contributed by atoms with Crippen LogP contribution >= 0.6 is 0 Å². The van der Waals surface area contributed by atoms with Crippen LogP contribution < -0.4 is 9.47 Å². The summed E-state index contributed by atoms with van der Waals surface area (Å²) < 4.78 is 38.1. The van der Waals surface area contributed by atoms with Crippen LogP contribution in [0.2, 0.25) is 0 Å². The van der Waals surface area contributed by atoms with Crippen LogP contribution in [0.4, 0.5) is 4.39 Å². The molecule has 4 aromatic rings. The minimum atomic E-state index is -0.646. The molecule has 0 radical (unpaired) electrons. The van der Waals surface area contributed by atoms with Crippen molar-refractivity contribution in [1.29, 1.82) is 0 Å². The molecule has 0 amide bonds. The lowest BCUT2D eigenvalue weighted by molar-refractivity contribution is 0.00794. The predicted molar refractivity (Wildman–Crippen MR) is 141 cm³/mol. The van der Waals surface area contributed by atoms with Crippen LogP contribution in [0, 0.1) is 5.82 Å². The first kappa shape index (κ1) is 24.8. The number of hydrogen-bond donors (Lipinski definition) is 2. The Bertz CT molecular complexity index is 1410. The van der Waals surface area contributed by atoms with Crippen LogP contribution in [0.3, 0.4) is 0 Å². The van der Waals surface area contributed by atoms with E-state index < -0.39 is 11.9 Å². The molecule has 4 heterocycles. The Kier molecular flexibility index (Phi) is 6.75. The van der Waals surface area contributed by atoms with Crippen molar-refractivity contribution in [1.82, 2.24) is 14.9 Å². The maximum Gasteiger partial charge on any atom is 0.193 e. The molecule has 2 aromatic heterocycles. The van der Waals surface area contributed by atoms with Crippen molar-refractivity contribution in [3.8, 4) is 34.0 Å². The van der Waals surface area contributed by atoms with Crippen LogP contribution in [-0.4, -0.2) is 84.9 Å². The molecule has 0 unspecified atom stereocenters. The zero-order valence-corrected chi connectivity index (χ0v) is 21.3. The molecule has 0 bridgehead atoms. The maximum absolute atomic E-state index is 15.1. The van der Waals surface area contributed by atoms with Gasteiger partial charge in [-0.25, -0.2) is 9.37 Å². The summed E-state index contributed by atoms with van der Waals surface area (Å²) in [5, 5.41) is 9.93. The molecule has 2 N–H and O–H groups in total. The molecule has 198 valence electrons. The molecule has 0 aliphatic carbocycles. The Balaban J connectivity index is 1.16. The Labute approximate surface area is 219 Å². The second-order valence-electron chi connectivity index (χ2n) is 9.96. The van der Waals surface area contributed by atoms with Gasteiger partial charge in [0.05, 0.1) is 24.2 Å². The molecule has 2 aliphatic heterocycles. The number of halogens is 1. The number of ether oxygens (including phenoxy) is 4. The third-order valence-corrected chi connectivity index (χ3v) is 6.94. The van der Waals surface area contributed by atoms with Crippen molar-refractivity contribution in [3.05, 3.63) is 66.5 Å². The number of benzene rings is 2. The monoisotopic (exact) mass is 519 g/mol. The first-order valence-corrected chi connectivity index (χ1v) is 12.7. The van der Waals surface area contributed by atoms with Crippen LogP contribution in [0.15, 0.2) is 60.7 Å². The van der Waals surface area contributed by atoms with Gasteiger partial charge in [0.1, 0.15) is 36.4 Å². The molecule has 38 heavy (non-hydrogen) atoms. The first-order chi connectivity index (χ1) is 18.4. The Morgan fingerprint density at radius 3 is 2.39 bits per heavy atom. The topological polar surface area (TPSA) is 89.1 Å². The second kappa shape index (κ2) is 10.3. The number of fused-ring (bicyclic) bond motifs is 2. The van der Waals surface area contributed by atoms with Gasteiger partial charge < -0.3 is 33.9 Å². The summed E-state index contributed by atoms with van der Waals surface area (Å²) in [5.74, 6) is 0.854. The molecular weight excluding hydrogens is 489 g/mol. The molecule has 9 heteroatoms. The number of aromatic nitrogens is 2. The lowest BCUT2D eigenvalue weighted by Crippen LogP contribution is -2.34. The molecule has 4 atom stereocenters. The van der Waals surface area contributed by atoms with Crippen molar-refractivity contribution in [2.24, 2.45) is 0 Å². The van der Waals surface area contributed by atoms with Gasteiger partial charge in [0.25, 0.3) is 0 Å². The zero-order chi connectivity index (χ0) is 26.2. The number of hydrogen-bond acceptors (Lipinski definition) is 7. The Hall–Kier alpha value is -3.50.